The molecule has 1 aromatic carbocycles. The molecule has 0 saturated carbocycles. The Kier molecular flexibility index (Phi) is 5.78. The summed E-state index contributed by atoms with van der Waals surface area (Å²) in [6, 6.07) is 6.24. The second-order valence-corrected chi connectivity index (χ2v) is 7.97. The van der Waals surface area contributed by atoms with E-state index in [0.717, 1.165) is 19.3 Å². The number of rotatable bonds is 5. The largest absolute Gasteiger partial charge is 0.379 e. The molecule has 1 aliphatic rings. The van der Waals surface area contributed by atoms with Crippen LogP contribution in [-0.2, 0) is 14.6 Å². The molecule has 0 aliphatic carbocycles. The third-order valence-electron chi connectivity index (χ3n) is 4.23. The second-order valence-electron chi connectivity index (χ2n) is 5.95. The molecule has 1 N–H and O–H groups in total. The highest BCUT2D eigenvalue weighted by Crippen LogP contribution is 2.13. The Morgan fingerprint density at radius 2 is 1.91 bits per heavy atom. The average molecular weight is 340 g/mol. The fourth-order valence-electron chi connectivity index (χ4n) is 2.58. The van der Waals surface area contributed by atoms with Gasteiger partial charge >= 0.3 is 0 Å². The van der Waals surface area contributed by atoms with E-state index < -0.39 is 9.84 Å². The monoisotopic (exact) mass is 340 g/mol. The molecule has 1 fully saturated rings. The predicted molar refractivity (Wildman–Crippen MR) is 88.3 cm³/mol. The first-order chi connectivity index (χ1) is 10.8. The van der Waals surface area contributed by atoms with E-state index in [2.05, 4.69) is 17.1 Å². The van der Waals surface area contributed by atoms with Gasteiger partial charge in [0.1, 0.15) is 0 Å². The molecule has 0 spiro atoms. The van der Waals surface area contributed by atoms with E-state index in [1.165, 1.54) is 12.1 Å². The number of carbonyl (C=O) groups is 1. The topological polar surface area (TPSA) is 75.7 Å². The summed E-state index contributed by atoms with van der Waals surface area (Å²) >= 11 is 0. The lowest BCUT2D eigenvalue weighted by atomic mass is 10.1. The minimum atomic E-state index is -3.32. The Labute approximate surface area is 137 Å². The highest BCUT2D eigenvalue weighted by molar-refractivity contribution is 7.90. The van der Waals surface area contributed by atoms with Crippen LogP contribution in [0.3, 0.4) is 0 Å². The third kappa shape index (κ3) is 4.76. The quantitative estimate of drug-likeness (QED) is 0.863. The third-order valence-corrected chi connectivity index (χ3v) is 5.34. The van der Waals surface area contributed by atoms with Crippen molar-refractivity contribution in [3.05, 3.63) is 29.8 Å². The molecule has 1 amide bonds. The summed E-state index contributed by atoms with van der Waals surface area (Å²) < 4.78 is 28.5. The molecule has 2 atom stereocenters. The molecule has 1 heterocycles. The number of sulfone groups is 1. The van der Waals surface area contributed by atoms with E-state index in [1.54, 1.807) is 12.1 Å². The van der Waals surface area contributed by atoms with E-state index in [-0.39, 0.29) is 22.9 Å². The Balaban J connectivity index is 2.03. The SMILES string of the molecule is CC(NC(=O)c1cccc(S(C)(=O)=O)c1)C(C)N1CCOCC1. The zero-order valence-electron chi connectivity index (χ0n) is 13.8. The minimum absolute atomic E-state index is 0.0533. The van der Waals surface area contributed by atoms with E-state index in [0.29, 0.717) is 18.8 Å². The Morgan fingerprint density at radius 1 is 1.26 bits per heavy atom. The first-order valence-corrected chi connectivity index (χ1v) is 9.61. The number of carbonyl (C=O) groups excluding carboxylic acids is 1. The van der Waals surface area contributed by atoms with Gasteiger partial charge in [-0.15, -0.1) is 0 Å². The maximum atomic E-state index is 12.4. The van der Waals surface area contributed by atoms with Crippen molar-refractivity contribution >= 4 is 15.7 Å². The summed E-state index contributed by atoms with van der Waals surface area (Å²) in [6.45, 7) is 7.15. The smallest absolute Gasteiger partial charge is 0.251 e. The molecule has 7 heteroatoms. The number of hydrogen-bond donors (Lipinski definition) is 1. The maximum absolute atomic E-state index is 12.4. The van der Waals surface area contributed by atoms with Gasteiger partial charge in [-0.1, -0.05) is 6.07 Å². The second kappa shape index (κ2) is 7.42. The van der Waals surface area contributed by atoms with Crippen molar-refractivity contribution in [3.8, 4) is 0 Å². The van der Waals surface area contributed by atoms with Crippen molar-refractivity contribution in [3.63, 3.8) is 0 Å². The van der Waals surface area contributed by atoms with Gasteiger partial charge in [0.2, 0.25) is 0 Å². The van der Waals surface area contributed by atoms with Gasteiger partial charge in [-0.2, -0.15) is 0 Å². The van der Waals surface area contributed by atoms with Crippen LogP contribution < -0.4 is 5.32 Å². The highest BCUT2D eigenvalue weighted by atomic mass is 32.2. The maximum Gasteiger partial charge on any atom is 0.251 e. The lowest BCUT2D eigenvalue weighted by Gasteiger charge is -2.35. The number of nitrogens with zero attached hydrogens (tertiary/aromatic N) is 1. The average Bonchev–Trinajstić information content (AvgIpc) is 2.54. The lowest BCUT2D eigenvalue weighted by molar-refractivity contribution is 0.0137. The van der Waals surface area contributed by atoms with E-state index >= 15 is 0 Å². The van der Waals surface area contributed by atoms with Crippen LogP contribution in [0.5, 0.6) is 0 Å². The van der Waals surface area contributed by atoms with E-state index in [9.17, 15) is 13.2 Å². The van der Waals surface area contributed by atoms with Crippen molar-refractivity contribution in [1.29, 1.82) is 0 Å². The Bertz CT molecular complexity index is 654. The molecule has 2 rings (SSSR count). The number of morpholine rings is 1. The van der Waals surface area contributed by atoms with Gasteiger partial charge in [0.15, 0.2) is 9.84 Å². The normalized spacial score (nSPS) is 19.1. The summed E-state index contributed by atoms with van der Waals surface area (Å²) in [7, 11) is -3.32. The summed E-state index contributed by atoms with van der Waals surface area (Å²) in [5.41, 5.74) is 0.356. The Morgan fingerprint density at radius 3 is 2.52 bits per heavy atom. The molecule has 2 unspecified atom stereocenters. The number of amides is 1. The molecule has 1 aromatic rings. The fourth-order valence-corrected chi connectivity index (χ4v) is 3.25. The van der Waals surface area contributed by atoms with Crippen molar-refractivity contribution in [2.24, 2.45) is 0 Å². The van der Waals surface area contributed by atoms with Gasteiger partial charge < -0.3 is 10.1 Å². The lowest BCUT2D eigenvalue weighted by Crippen LogP contribution is -2.52. The zero-order chi connectivity index (χ0) is 17.0. The summed E-state index contributed by atoms with van der Waals surface area (Å²) in [5.74, 6) is -0.261. The fraction of sp³-hybridized carbons (Fsp3) is 0.562. The van der Waals surface area contributed by atoms with Crippen LogP contribution in [0.25, 0.3) is 0 Å². The molecular formula is C16H24N2O4S. The van der Waals surface area contributed by atoms with Crippen LogP contribution in [-0.4, -0.2) is 63.9 Å². The van der Waals surface area contributed by atoms with Gasteiger partial charge in [-0.25, -0.2) is 8.42 Å². The Hall–Kier alpha value is -1.44. The van der Waals surface area contributed by atoms with Gasteiger partial charge in [-0.05, 0) is 32.0 Å². The molecular weight excluding hydrogens is 316 g/mol. The highest BCUT2D eigenvalue weighted by Gasteiger charge is 2.23. The molecule has 0 aromatic heterocycles. The standard InChI is InChI=1S/C16H24N2O4S/c1-12(13(2)18-7-9-22-10-8-18)17-16(19)14-5-4-6-15(11-14)23(3,20)21/h4-6,11-13H,7-10H2,1-3H3,(H,17,19). The van der Waals surface area contributed by atoms with Crippen LogP contribution in [0.15, 0.2) is 29.2 Å². The van der Waals surface area contributed by atoms with Crippen LogP contribution in [0.2, 0.25) is 0 Å². The number of benzene rings is 1. The summed E-state index contributed by atoms with van der Waals surface area (Å²) in [6.07, 6.45) is 1.13. The first kappa shape index (κ1) is 17.9. The van der Waals surface area contributed by atoms with Crippen molar-refractivity contribution < 1.29 is 17.9 Å². The number of nitrogens with one attached hydrogen (secondary N) is 1. The van der Waals surface area contributed by atoms with Gasteiger partial charge in [-0.3, -0.25) is 9.69 Å². The zero-order valence-corrected chi connectivity index (χ0v) is 14.6. The van der Waals surface area contributed by atoms with Gasteiger partial charge in [0.05, 0.1) is 18.1 Å². The van der Waals surface area contributed by atoms with Crippen molar-refractivity contribution in [2.75, 3.05) is 32.6 Å². The van der Waals surface area contributed by atoms with E-state index in [1.807, 2.05) is 6.92 Å². The molecule has 0 radical (unpaired) electrons. The van der Waals surface area contributed by atoms with Crippen molar-refractivity contribution in [1.82, 2.24) is 10.2 Å². The molecule has 1 saturated heterocycles. The number of hydrogen-bond acceptors (Lipinski definition) is 5. The molecule has 1 aliphatic heterocycles. The van der Waals surface area contributed by atoms with Gasteiger partial charge in [0.25, 0.3) is 5.91 Å². The van der Waals surface area contributed by atoms with E-state index in [4.69, 9.17) is 4.74 Å². The predicted octanol–water partition coefficient (Wildman–Crippen LogP) is 0.929. The molecule has 6 nitrogen and oxygen atoms in total. The molecule has 23 heavy (non-hydrogen) atoms. The first-order valence-electron chi connectivity index (χ1n) is 7.72. The van der Waals surface area contributed by atoms with Crippen molar-refractivity contribution in [2.45, 2.75) is 30.8 Å². The van der Waals surface area contributed by atoms with Crippen LogP contribution >= 0.6 is 0 Å². The van der Waals surface area contributed by atoms with Crippen LogP contribution in [0.4, 0.5) is 0 Å². The summed E-state index contributed by atoms with van der Waals surface area (Å²) in [5, 5.41) is 2.96. The minimum Gasteiger partial charge on any atom is -0.379 e. The van der Waals surface area contributed by atoms with Crippen LogP contribution in [0.1, 0.15) is 24.2 Å². The summed E-state index contributed by atoms with van der Waals surface area (Å²) in [4.78, 5) is 14.8. The van der Waals surface area contributed by atoms with Crippen LogP contribution in [0, 0.1) is 0 Å². The van der Waals surface area contributed by atoms with Gasteiger partial charge in [0, 0.05) is 37.0 Å². The molecule has 0 bridgehead atoms. The number of ether oxygens (including phenoxy) is 1. The molecule has 128 valence electrons.